The average Bonchev–Trinajstić information content (AvgIpc) is 3.17. The van der Waals surface area contributed by atoms with Gasteiger partial charge in [0.15, 0.2) is 0 Å². The van der Waals surface area contributed by atoms with Gasteiger partial charge in [-0.2, -0.15) is 0 Å². The minimum atomic E-state index is -0.0333. The molecule has 0 aromatic heterocycles. The van der Waals surface area contributed by atoms with Crippen molar-refractivity contribution in [1.82, 2.24) is 5.32 Å². The molecular weight excluding hydrogens is 306 g/mol. The van der Waals surface area contributed by atoms with Crippen LogP contribution in [0.25, 0.3) is 0 Å². The summed E-state index contributed by atoms with van der Waals surface area (Å²) in [6, 6.07) is 5.74. The number of halogens is 1. The normalized spacial score (nSPS) is 14.4. The Balaban J connectivity index is 1.65. The van der Waals surface area contributed by atoms with Gasteiger partial charge in [-0.25, -0.2) is 0 Å². The summed E-state index contributed by atoms with van der Waals surface area (Å²) in [5, 5.41) is 2.91. The van der Waals surface area contributed by atoms with Gasteiger partial charge in [0.25, 0.3) is 5.91 Å². The Morgan fingerprint density at radius 2 is 2.26 bits per heavy atom. The zero-order valence-electron chi connectivity index (χ0n) is 11.2. The maximum Gasteiger partial charge on any atom is 0.252 e. The summed E-state index contributed by atoms with van der Waals surface area (Å²) in [5.41, 5.74) is 1.82. The zero-order valence-corrected chi connectivity index (χ0v) is 12.8. The van der Waals surface area contributed by atoms with Crippen molar-refractivity contribution in [3.05, 3.63) is 33.8 Å². The summed E-state index contributed by atoms with van der Waals surface area (Å²) in [4.78, 5) is 11.9. The number of amides is 1. The average molecular weight is 326 g/mol. The molecule has 0 spiro atoms. The molecule has 4 heteroatoms. The summed E-state index contributed by atoms with van der Waals surface area (Å²) in [7, 11) is 0. The predicted octanol–water partition coefficient (Wildman–Crippen LogP) is 3.30. The molecule has 1 aromatic rings. The smallest absolute Gasteiger partial charge is 0.252 e. The van der Waals surface area contributed by atoms with E-state index in [9.17, 15) is 4.79 Å². The van der Waals surface area contributed by atoms with E-state index in [-0.39, 0.29) is 5.91 Å². The van der Waals surface area contributed by atoms with Crippen molar-refractivity contribution in [2.75, 3.05) is 19.8 Å². The molecular formula is C15H20BrNO2. The number of aryl methyl sites for hydroxylation is 1. The van der Waals surface area contributed by atoms with Gasteiger partial charge in [0.2, 0.25) is 0 Å². The zero-order chi connectivity index (χ0) is 13.7. The first-order chi connectivity index (χ1) is 9.16. The summed E-state index contributed by atoms with van der Waals surface area (Å²) in [6.45, 7) is 4.27. The van der Waals surface area contributed by atoms with Gasteiger partial charge in [-0.1, -0.05) is 6.07 Å². The van der Waals surface area contributed by atoms with Gasteiger partial charge >= 0.3 is 0 Å². The molecule has 104 valence electrons. The number of carbonyl (C=O) groups is 1. The van der Waals surface area contributed by atoms with Crippen LogP contribution in [0.15, 0.2) is 22.7 Å². The van der Waals surface area contributed by atoms with Gasteiger partial charge in [0.1, 0.15) is 0 Å². The molecule has 0 heterocycles. The minimum absolute atomic E-state index is 0.0333. The molecule has 0 saturated heterocycles. The molecule has 0 atom stereocenters. The van der Waals surface area contributed by atoms with E-state index in [4.69, 9.17) is 4.74 Å². The summed E-state index contributed by atoms with van der Waals surface area (Å²) >= 11 is 3.42. The van der Waals surface area contributed by atoms with Crippen molar-refractivity contribution >= 4 is 21.8 Å². The van der Waals surface area contributed by atoms with Gasteiger partial charge in [-0.05, 0) is 65.7 Å². The maximum absolute atomic E-state index is 11.9. The third kappa shape index (κ3) is 4.96. The van der Waals surface area contributed by atoms with Crippen LogP contribution in [0.1, 0.15) is 35.2 Å². The van der Waals surface area contributed by atoms with Crippen LogP contribution in [0.4, 0.5) is 0 Å². The lowest BCUT2D eigenvalue weighted by atomic mass is 10.1. The molecule has 0 radical (unpaired) electrons. The first-order valence-corrected chi connectivity index (χ1v) is 7.58. The Morgan fingerprint density at radius 3 is 2.95 bits per heavy atom. The van der Waals surface area contributed by atoms with E-state index >= 15 is 0 Å². The van der Waals surface area contributed by atoms with Crippen LogP contribution in [0, 0.1) is 12.8 Å². The molecule has 1 fully saturated rings. The van der Waals surface area contributed by atoms with Crippen LogP contribution in [0.5, 0.6) is 0 Å². The lowest BCUT2D eigenvalue weighted by Gasteiger charge is -2.08. The maximum atomic E-state index is 11.9. The molecule has 1 N–H and O–H groups in total. The van der Waals surface area contributed by atoms with Crippen LogP contribution in [0.2, 0.25) is 0 Å². The molecule has 0 aliphatic heterocycles. The molecule has 1 amide bonds. The highest BCUT2D eigenvalue weighted by molar-refractivity contribution is 9.10. The number of carbonyl (C=O) groups excluding carboxylic acids is 1. The number of hydrogen-bond donors (Lipinski definition) is 1. The molecule has 1 saturated carbocycles. The third-order valence-corrected chi connectivity index (χ3v) is 3.83. The van der Waals surface area contributed by atoms with Crippen molar-refractivity contribution in [2.24, 2.45) is 5.92 Å². The summed E-state index contributed by atoms with van der Waals surface area (Å²) in [5.74, 6) is 0.771. The fourth-order valence-electron chi connectivity index (χ4n) is 1.81. The second-order valence-electron chi connectivity index (χ2n) is 5.11. The number of hydrogen-bond acceptors (Lipinski definition) is 2. The van der Waals surface area contributed by atoms with Gasteiger partial charge < -0.3 is 10.1 Å². The molecule has 19 heavy (non-hydrogen) atoms. The van der Waals surface area contributed by atoms with Crippen molar-refractivity contribution in [3.63, 3.8) is 0 Å². The van der Waals surface area contributed by atoms with Crippen LogP contribution >= 0.6 is 15.9 Å². The highest BCUT2D eigenvalue weighted by Gasteiger charge is 2.20. The van der Waals surface area contributed by atoms with E-state index in [1.165, 1.54) is 12.8 Å². The largest absolute Gasteiger partial charge is 0.381 e. The molecule has 1 aliphatic carbocycles. The lowest BCUT2D eigenvalue weighted by molar-refractivity contribution is 0.0936. The van der Waals surface area contributed by atoms with Crippen LogP contribution in [-0.2, 0) is 4.74 Å². The lowest BCUT2D eigenvalue weighted by Crippen LogP contribution is -2.25. The molecule has 1 aliphatic rings. The Morgan fingerprint density at radius 1 is 1.47 bits per heavy atom. The van der Waals surface area contributed by atoms with Crippen LogP contribution < -0.4 is 5.32 Å². The van der Waals surface area contributed by atoms with Gasteiger partial charge in [-0.15, -0.1) is 0 Å². The molecule has 1 aromatic carbocycles. The predicted molar refractivity (Wildman–Crippen MR) is 79.4 cm³/mol. The van der Waals surface area contributed by atoms with Crippen molar-refractivity contribution < 1.29 is 9.53 Å². The molecule has 0 bridgehead atoms. The number of rotatable bonds is 7. The first kappa shape index (κ1) is 14.5. The standard InChI is InChI=1S/C15H20BrNO2/c1-11-3-6-13(14(16)9-11)15(18)17-7-2-8-19-10-12-4-5-12/h3,6,9,12H,2,4-5,7-8,10H2,1H3,(H,17,18). The topological polar surface area (TPSA) is 38.3 Å². The second-order valence-corrected chi connectivity index (χ2v) is 5.97. The Bertz CT molecular complexity index is 444. The Hall–Kier alpha value is -0.870. The van der Waals surface area contributed by atoms with E-state index in [2.05, 4.69) is 21.2 Å². The number of nitrogens with one attached hydrogen (secondary N) is 1. The second kappa shape index (κ2) is 7.06. The van der Waals surface area contributed by atoms with E-state index in [1.54, 1.807) is 0 Å². The van der Waals surface area contributed by atoms with Gasteiger partial charge in [0.05, 0.1) is 5.56 Å². The highest BCUT2D eigenvalue weighted by atomic mass is 79.9. The quantitative estimate of drug-likeness (QED) is 0.781. The third-order valence-electron chi connectivity index (χ3n) is 3.17. The summed E-state index contributed by atoms with van der Waals surface area (Å²) in [6.07, 6.45) is 3.50. The fraction of sp³-hybridized carbons (Fsp3) is 0.533. The highest BCUT2D eigenvalue weighted by Crippen LogP contribution is 2.28. The van der Waals surface area contributed by atoms with Crippen molar-refractivity contribution in [1.29, 1.82) is 0 Å². The van der Waals surface area contributed by atoms with Gasteiger partial charge in [0, 0.05) is 24.2 Å². The molecule has 0 unspecified atom stereocenters. The van der Waals surface area contributed by atoms with Crippen molar-refractivity contribution in [2.45, 2.75) is 26.2 Å². The van der Waals surface area contributed by atoms with E-state index in [0.29, 0.717) is 12.1 Å². The monoisotopic (exact) mass is 325 g/mol. The number of benzene rings is 1. The minimum Gasteiger partial charge on any atom is -0.381 e. The van der Waals surface area contributed by atoms with Crippen molar-refractivity contribution in [3.8, 4) is 0 Å². The first-order valence-electron chi connectivity index (χ1n) is 6.79. The summed E-state index contributed by atoms with van der Waals surface area (Å²) < 4.78 is 6.37. The Kier molecular flexibility index (Phi) is 5.40. The van der Waals surface area contributed by atoms with E-state index in [0.717, 1.165) is 35.6 Å². The van der Waals surface area contributed by atoms with E-state index < -0.39 is 0 Å². The molecule has 3 nitrogen and oxygen atoms in total. The van der Waals surface area contributed by atoms with E-state index in [1.807, 2.05) is 25.1 Å². The number of ether oxygens (including phenoxy) is 1. The Labute approximate surface area is 122 Å². The SMILES string of the molecule is Cc1ccc(C(=O)NCCCOCC2CC2)c(Br)c1. The van der Waals surface area contributed by atoms with Gasteiger partial charge in [-0.3, -0.25) is 4.79 Å². The fourth-order valence-corrected chi connectivity index (χ4v) is 2.48. The van der Waals surface area contributed by atoms with Crippen LogP contribution in [0.3, 0.4) is 0 Å². The molecule has 2 rings (SSSR count). The van der Waals surface area contributed by atoms with Crippen LogP contribution in [-0.4, -0.2) is 25.7 Å².